The van der Waals surface area contributed by atoms with E-state index < -0.39 is 0 Å². The van der Waals surface area contributed by atoms with Crippen molar-refractivity contribution >= 4 is 15.9 Å². The molecular weight excluding hydrogens is 304 g/mol. The summed E-state index contributed by atoms with van der Waals surface area (Å²) in [6.07, 6.45) is 2.72. The zero-order valence-corrected chi connectivity index (χ0v) is 12.9. The third-order valence-electron chi connectivity index (χ3n) is 4.14. The molecule has 1 aromatic rings. The molecule has 1 saturated heterocycles. The summed E-state index contributed by atoms with van der Waals surface area (Å²) in [5.74, 6) is 1.78. The lowest BCUT2D eigenvalue weighted by Gasteiger charge is -2.36. The first-order valence-corrected chi connectivity index (χ1v) is 7.87. The molecular formula is C15H21BrN2O. The van der Waals surface area contributed by atoms with Gasteiger partial charge in [0.15, 0.2) is 0 Å². The molecule has 1 atom stereocenters. The van der Waals surface area contributed by atoms with Crippen LogP contribution in [-0.2, 0) is 0 Å². The third kappa shape index (κ3) is 2.96. The highest BCUT2D eigenvalue weighted by atomic mass is 79.9. The highest BCUT2D eigenvalue weighted by molar-refractivity contribution is 9.10. The molecule has 0 bridgehead atoms. The van der Waals surface area contributed by atoms with Gasteiger partial charge in [-0.05, 0) is 42.5 Å². The summed E-state index contributed by atoms with van der Waals surface area (Å²) in [6, 6.07) is 6.89. The van der Waals surface area contributed by atoms with Gasteiger partial charge in [0.2, 0.25) is 0 Å². The van der Waals surface area contributed by atoms with Gasteiger partial charge in [0.25, 0.3) is 0 Å². The summed E-state index contributed by atoms with van der Waals surface area (Å²) in [4.78, 5) is 2.63. The third-order valence-corrected chi connectivity index (χ3v) is 4.86. The lowest BCUT2D eigenvalue weighted by molar-refractivity contribution is 0.155. The molecule has 0 aromatic heterocycles. The van der Waals surface area contributed by atoms with E-state index in [-0.39, 0.29) is 0 Å². The summed E-state index contributed by atoms with van der Waals surface area (Å²) >= 11 is 3.73. The smallest absolute Gasteiger partial charge is 0.119 e. The number of nitrogens with one attached hydrogen (secondary N) is 1. The molecule has 1 heterocycles. The highest BCUT2D eigenvalue weighted by Crippen LogP contribution is 2.47. The predicted molar refractivity (Wildman–Crippen MR) is 80.6 cm³/mol. The maximum atomic E-state index is 5.40. The number of ether oxygens (including phenoxy) is 1. The number of benzene rings is 1. The largest absolute Gasteiger partial charge is 0.497 e. The van der Waals surface area contributed by atoms with E-state index in [1.54, 1.807) is 7.11 Å². The van der Waals surface area contributed by atoms with Crippen molar-refractivity contribution < 1.29 is 4.74 Å². The zero-order valence-electron chi connectivity index (χ0n) is 11.4. The molecule has 19 heavy (non-hydrogen) atoms. The van der Waals surface area contributed by atoms with Gasteiger partial charge in [-0.3, -0.25) is 4.90 Å². The van der Waals surface area contributed by atoms with Gasteiger partial charge in [0.05, 0.1) is 7.11 Å². The number of hydrogen-bond donors (Lipinski definition) is 1. The molecule has 3 nitrogen and oxygen atoms in total. The second-order valence-electron chi connectivity index (χ2n) is 5.46. The topological polar surface area (TPSA) is 24.5 Å². The van der Waals surface area contributed by atoms with Crippen LogP contribution in [-0.4, -0.2) is 38.2 Å². The van der Waals surface area contributed by atoms with E-state index in [0.29, 0.717) is 6.04 Å². The zero-order chi connectivity index (χ0) is 13.2. The molecule has 2 fully saturated rings. The number of nitrogens with zero attached hydrogens (tertiary/aromatic N) is 1. The number of rotatable bonds is 4. The minimum absolute atomic E-state index is 0.548. The number of hydrogen-bond acceptors (Lipinski definition) is 3. The molecule has 0 spiro atoms. The van der Waals surface area contributed by atoms with Crippen molar-refractivity contribution in [2.24, 2.45) is 5.92 Å². The van der Waals surface area contributed by atoms with Crippen LogP contribution in [0.15, 0.2) is 22.7 Å². The molecule has 104 valence electrons. The molecule has 1 aromatic carbocycles. The van der Waals surface area contributed by atoms with Crippen molar-refractivity contribution in [2.45, 2.75) is 18.9 Å². The van der Waals surface area contributed by atoms with E-state index in [0.717, 1.165) is 37.8 Å². The maximum absolute atomic E-state index is 5.40. The van der Waals surface area contributed by atoms with Gasteiger partial charge in [-0.2, -0.15) is 0 Å². The van der Waals surface area contributed by atoms with Crippen LogP contribution >= 0.6 is 15.9 Å². The number of methoxy groups -OCH3 is 1. The van der Waals surface area contributed by atoms with Gasteiger partial charge in [-0.1, -0.05) is 15.9 Å². The van der Waals surface area contributed by atoms with Gasteiger partial charge in [-0.15, -0.1) is 0 Å². The molecule has 1 saturated carbocycles. The Kier molecular flexibility index (Phi) is 4.10. The van der Waals surface area contributed by atoms with E-state index in [9.17, 15) is 0 Å². The van der Waals surface area contributed by atoms with E-state index in [1.807, 2.05) is 6.07 Å². The Morgan fingerprint density at radius 1 is 1.32 bits per heavy atom. The van der Waals surface area contributed by atoms with Crippen LogP contribution in [0.4, 0.5) is 0 Å². The Balaban J connectivity index is 1.90. The van der Waals surface area contributed by atoms with Crippen LogP contribution in [0.25, 0.3) is 0 Å². The standard InChI is InChI=1S/C15H21BrN2O/c1-19-12-4-5-14(16)13(10-12)15(11-2-3-11)18-8-6-17-7-9-18/h4-5,10-11,15,17H,2-3,6-9H2,1H3/t15-/m0/s1. The van der Waals surface area contributed by atoms with Crippen LogP contribution < -0.4 is 10.1 Å². The van der Waals surface area contributed by atoms with E-state index in [4.69, 9.17) is 4.74 Å². The Hall–Kier alpha value is -0.580. The summed E-state index contributed by atoms with van der Waals surface area (Å²) in [5.41, 5.74) is 1.39. The van der Waals surface area contributed by atoms with Crippen molar-refractivity contribution in [1.82, 2.24) is 10.2 Å². The molecule has 4 heteroatoms. The summed E-state index contributed by atoms with van der Waals surface area (Å²) in [7, 11) is 1.74. The quantitative estimate of drug-likeness (QED) is 0.921. The van der Waals surface area contributed by atoms with Crippen LogP contribution in [0.5, 0.6) is 5.75 Å². The van der Waals surface area contributed by atoms with Crippen molar-refractivity contribution in [1.29, 1.82) is 0 Å². The van der Waals surface area contributed by atoms with E-state index >= 15 is 0 Å². The average Bonchev–Trinajstić information content (AvgIpc) is 3.27. The minimum Gasteiger partial charge on any atom is -0.497 e. The fraction of sp³-hybridized carbons (Fsp3) is 0.600. The predicted octanol–water partition coefficient (Wildman–Crippen LogP) is 2.81. The van der Waals surface area contributed by atoms with Crippen molar-refractivity contribution in [2.75, 3.05) is 33.3 Å². The summed E-state index contributed by atoms with van der Waals surface area (Å²) < 4.78 is 6.61. The monoisotopic (exact) mass is 324 g/mol. The first-order valence-electron chi connectivity index (χ1n) is 7.08. The number of halogens is 1. The van der Waals surface area contributed by atoms with Gasteiger partial charge < -0.3 is 10.1 Å². The van der Waals surface area contributed by atoms with Crippen molar-refractivity contribution in [3.63, 3.8) is 0 Å². The second-order valence-corrected chi connectivity index (χ2v) is 6.31. The fourth-order valence-corrected chi connectivity index (χ4v) is 3.48. The van der Waals surface area contributed by atoms with Gasteiger partial charge in [0.1, 0.15) is 5.75 Å². The summed E-state index contributed by atoms with van der Waals surface area (Å²) in [5, 5.41) is 3.44. The van der Waals surface area contributed by atoms with E-state index in [1.165, 1.54) is 22.9 Å². The average molecular weight is 325 g/mol. The number of piperazine rings is 1. The molecule has 0 unspecified atom stereocenters. The molecule has 1 aliphatic carbocycles. The van der Waals surface area contributed by atoms with Crippen molar-refractivity contribution in [3.05, 3.63) is 28.2 Å². The Labute approximate surface area is 123 Å². The molecule has 0 amide bonds. The molecule has 0 radical (unpaired) electrons. The minimum atomic E-state index is 0.548. The first-order chi connectivity index (χ1) is 9.29. The Bertz CT molecular complexity index is 442. The van der Waals surface area contributed by atoms with E-state index in [2.05, 4.69) is 38.3 Å². The van der Waals surface area contributed by atoms with Crippen LogP contribution in [0.3, 0.4) is 0 Å². The molecule has 1 N–H and O–H groups in total. The molecule has 2 aliphatic rings. The van der Waals surface area contributed by atoms with Crippen molar-refractivity contribution in [3.8, 4) is 5.75 Å². The maximum Gasteiger partial charge on any atom is 0.119 e. The van der Waals surface area contributed by atoms with Crippen LogP contribution in [0, 0.1) is 5.92 Å². The highest BCUT2D eigenvalue weighted by Gasteiger charge is 2.37. The molecule has 3 rings (SSSR count). The van der Waals surface area contributed by atoms with Gasteiger partial charge >= 0.3 is 0 Å². The van der Waals surface area contributed by atoms with Gasteiger partial charge in [-0.25, -0.2) is 0 Å². The summed E-state index contributed by atoms with van der Waals surface area (Å²) in [6.45, 7) is 4.49. The van der Waals surface area contributed by atoms with Crippen LogP contribution in [0.2, 0.25) is 0 Å². The van der Waals surface area contributed by atoms with Crippen LogP contribution in [0.1, 0.15) is 24.4 Å². The lowest BCUT2D eigenvalue weighted by atomic mass is 9.99. The normalized spacial score (nSPS) is 22.2. The Morgan fingerprint density at radius 2 is 2.05 bits per heavy atom. The lowest BCUT2D eigenvalue weighted by Crippen LogP contribution is -2.45. The molecule has 1 aliphatic heterocycles. The fourth-order valence-electron chi connectivity index (χ4n) is 3.00. The van der Waals surface area contributed by atoms with Gasteiger partial charge in [0, 0.05) is 36.7 Å². The Morgan fingerprint density at radius 3 is 2.68 bits per heavy atom. The SMILES string of the molecule is COc1ccc(Br)c([C@H](C2CC2)N2CCNCC2)c1. The second kappa shape index (κ2) is 5.81. The first kappa shape index (κ1) is 13.4.